The second-order valence-corrected chi connectivity index (χ2v) is 10.1. The number of hydrogen-bond donors (Lipinski definition) is 2. The molecule has 1 aliphatic heterocycles. The predicted molar refractivity (Wildman–Crippen MR) is 134 cm³/mol. The van der Waals surface area contributed by atoms with Gasteiger partial charge < -0.3 is 15.3 Å². The SMILES string of the molecule is Cc1cc(NC(=O)c2cnn(-c3ncc(Cl)cc3Cl)c2C)cnc1N1CCC(C(C)(C)O)CC1. The van der Waals surface area contributed by atoms with Gasteiger partial charge in [-0.25, -0.2) is 14.6 Å². The van der Waals surface area contributed by atoms with E-state index >= 15 is 0 Å². The van der Waals surface area contributed by atoms with Crippen LogP contribution in [0.5, 0.6) is 0 Å². The van der Waals surface area contributed by atoms with Crippen molar-refractivity contribution in [2.45, 2.75) is 46.1 Å². The third kappa shape index (κ3) is 5.04. The number of piperidine rings is 1. The zero-order valence-corrected chi connectivity index (χ0v) is 21.2. The Labute approximate surface area is 208 Å². The smallest absolute Gasteiger partial charge is 0.259 e. The van der Waals surface area contributed by atoms with Gasteiger partial charge in [0.05, 0.1) is 45.0 Å². The minimum atomic E-state index is -0.663. The van der Waals surface area contributed by atoms with Crippen LogP contribution in [0.25, 0.3) is 5.82 Å². The molecule has 0 atom stereocenters. The van der Waals surface area contributed by atoms with Gasteiger partial charge in [0, 0.05) is 19.3 Å². The molecule has 1 fully saturated rings. The molecule has 4 heterocycles. The number of aryl methyl sites for hydroxylation is 1. The molecule has 0 spiro atoms. The molecular weight excluding hydrogens is 475 g/mol. The molecule has 0 bridgehead atoms. The van der Waals surface area contributed by atoms with Crippen LogP contribution in [-0.2, 0) is 0 Å². The maximum absolute atomic E-state index is 12.9. The minimum Gasteiger partial charge on any atom is -0.390 e. The normalized spacial score (nSPS) is 15.0. The molecule has 180 valence electrons. The van der Waals surface area contributed by atoms with Crippen molar-refractivity contribution in [1.29, 1.82) is 0 Å². The Morgan fingerprint density at radius 1 is 1.09 bits per heavy atom. The fourth-order valence-corrected chi connectivity index (χ4v) is 4.83. The summed E-state index contributed by atoms with van der Waals surface area (Å²) in [6.45, 7) is 9.19. The highest BCUT2D eigenvalue weighted by Gasteiger charge is 2.31. The van der Waals surface area contributed by atoms with Crippen molar-refractivity contribution in [1.82, 2.24) is 19.7 Å². The molecule has 2 N–H and O–H groups in total. The van der Waals surface area contributed by atoms with Crippen molar-refractivity contribution < 1.29 is 9.90 Å². The molecule has 1 amide bonds. The Kier molecular flexibility index (Phi) is 6.85. The Bertz CT molecular complexity index is 1210. The lowest BCUT2D eigenvalue weighted by Crippen LogP contribution is -2.42. The number of halogens is 2. The second kappa shape index (κ2) is 9.52. The number of anilines is 2. The molecule has 1 aliphatic rings. The number of aliphatic hydroxyl groups is 1. The van der Waals surface area contributed by atoms with E-state index in [1.807, 2.05) is 26.8 Å². The lowest BCUT2D eigenvalue weighted by molar-refractivity contribution is 0.00645. The van der Waals surface area contributed by atoms with Crippen LogP contribution in [0.3, 0.4) is 0 Å². The van der Waals surface area contributed by atoms with Gasteiger partial charge in [-0.05, 0) is 64.2 Å². The topological polar surface area (TPSA) is 96.2 Å². The number of amides is 1. The van der Waals surface area contributed by atoms with E-state index in [9.17, 15) is 9.90 Å². The lowest BCUT2D eigenvalue weighted by Gasteiger charge is -2.38. The zero-order chi connectivity index (χ0) is 24.6. The Hall–Kier alpha value is -2.68. The van der Waals surface area contributed by atoms with Crippen LogP contribution in [0.4, 0.5) is 11.5 Å². The highest BCUT2D eigenvalue weighted by atomic mass is 35.5. The van der Waals surface area contributed by atoms with Gasteiger partial charge in [0.25, 0.3) is 5.91 Å². The van der Waals surface area contributed by atoms with Crippen LogP contribution < -0.4 is 10.2 Å². The Morgan fingerprint density at radius 2 is 1.76 bits per heavy atom. The number of nitrogens with zero attached hydrogens (tertiary/aromatic N) is 5. The lowest BCUT2D eigenvalue weighted by atomic mass is 9.83. The van der Waals surface area contributed by atoms with E-state index in [0.29, 0.717) is 32.8 Å². The third-order valence-corrected chi connectivity index (χ3v) is 6.83. The summed E-state index contributed by atoms with van der Waals surface area (Å²) < 4.78 is 1.51. The highest BCUT2D eigenvalue weighted by Crippen LogP contribution is 2.31. The molecule has 0 saturated carbocycles. The molecule has 3 aromatic rings. The number of nitrogens with one attached hydrogen (secondary N) is 1. The van der Waals surface area contributed by atoms with Gasteiger partial charge in [0.1, 0.15) is 5.82 Å². The van der Waals surface area contributed by atoms with Crippen LogP contribution in [0, 0.1) is 19.8 Å². The summed E-state index contributed by atoms with van der Waals surface area (Å²) in [7, 11) is 0. The summed E-state index contributed by atoms with van der Waals surface area (Å²) >= 11 is 12.2. The average molecular weight is 503 g/mol. The van der Waals surface area contributed by atoms with E-state index in [4.69, 9.17) is 23.2 Å². The standard InChI is InChI=1S/C24H28Cl2N6O2/c1-14-9-18(12-28-21(14)31-7-5-16(6-8-31)24(3,4)34)30-23(33)19-13-29-32(15(19)2)22-20(26)10-17(25)11-27-22/h9-13,16,34H,5-8H2,1-4H3,(H,30,33). The molecule has 8 nitrogen and oxygen atoms in total. The number of aromatic nitrogens is 4. The van der Waals surface area contributed by atoms with Gasteiger partial charge in [-0.1, -0.05) is 23.2 Å². The van der Waals surface area contributed by atoms with Gasteiger partial charge in [-0.3, -0.25) is 4.79 Å². The maximum Gasteiger partial charge on any atom is 0.259 e. The predicted octanol–water partition coefficient (Wildman–Crippen LogP) is 4.83. The van der Waals surface area contributed by atoms with E-state index in [2.05, 4.69) is 25.3 Å². The van der Waals surface area contributed by atoms with Crippen LogP contribution in [0.2, 0.25) is 10.0 Å². The summed E-state index contributed by atoms with van der Waals surface area (Å²) in [4.78, 5) is 24.0. The summed E-state index contributed by atoms with van der Waals surface area (Å²) in [6, 6.07) is 3.50. The third-order valence-electron chi connectivity index (χ3n) is 6.35. The monoisotopic (exact) mass is 502 g/mol. The summed E-state index contributed by atoms with van der Waals surface area (Å²) in [5.41, 5.74) is 1.92. The molecule has 3 aromatic heterocycles. The van der Waals surface area contributed by atoms with Crippen molar-refractivity contribution in [2.24, 2.45) is 5.92 Å². The van der Waals surface area contributed by atoms with E-state index in [0.717, 1.165) is 37.3 Å². The Morgan fingerprint density at radius 3 is 2.38 bits per heavy atom. The molecule has 0 aliphatic carbocycles. The summed E-state index contributed by atoms with van der Waals surface area (Å²) in [5, 5.41) is 18.2. The minimum absolute atomic E-state index is 0.282. The van der Waals surface area contributed by atoms with Crippen LogP contribution >= 0.6 is 23.2 Å². The van der Waals surface area contributed by atoms with E-state index in [1.165, 1.54) is 17.1 Å². The maximum atomic E-state index is 12.9. The quantitative estimate of drug-likeness (QED) is 0.518. The van der Waals surface area contributed by atoms with Crippen molar-refractivity contribution in [2.75, 3.05) is 23.3 Å². The van der Waals surface area contributed by atoms with E-state index < -0.39 is 5.60 Å². The van der Waals surface area contributed by atoms with Gasteiger partial charge in [-0.2, -0.15) is 5.10 Å². The van der Waals surface area contributed by atoms with E-state index in [-0.39, 0.29) is 11.8 Å². The molecule has 0 unspecified atom stereocenters. The molecular formula is C24H28Cl2N6O2. The molecule has 1 saturated heterocycles. The van der Waals surface area contributed by atoms with Crippen LogP contribution in [0.15, 0.2) is 30.7 Å². The number of rotatable bonds is 5. The number of carbonyl (C=O) groups is 1. The fraction of sp³-hybridized carbons (Fsp3) is 0.417. The van der Waals surface area contributed by atoms with Gasteiger partial charge in [0.2, 0.25) is 0 Å². The largest absolute Gasteiger partial charge is 0.390 e. The molecule has 0 radical (unpaired) electrons. The van der Waals surface area contributed by atoms with Crippen LogP contribution in [0.1, 0.15) is 48.3 Å². The number of carbonyl (C=O) groups excluding carboxylic acids is 1. The fourth-order valence-electron chi connectivity index (χ4n) is 4.37. The van der Waals surface area contributed by atoms with E-state index in [1.54, 1.807) is 19.2 Å². The highest BCUT2D eigenvalue weighted by molar-refractivity contribution is 6.35. The average Bonchev–Trinajstić information content (AvgIpc) is 3.14. The number of pyridine rings is 2. The first-order valence-electron chi connectivity index (χ1n) is 11.2. The van der Waals surface area contributed by atoms with Crippen molar-refractivity contribution in [3.05, 3.63) is 57.6 Å². The van der Waals surface area contributed by atoms with Crippen molar-refractivity contribution in [3.63, 3.8) is 0 Å². The molecule has 4 rings (SSSR count). The van der Waals surface area contributed by atoms with Gasteiger partial charge in [-0.15, -0.1) is 0 Å². The number of hydrogen-bond acceptors (Lipinski definition) is 6. The second-order valence-electron chi connectivity index (χ2n) is 9.25. The molecule has 0 aromatic carbocycles. The Balaban J connectivity index is 1.46. The summed E-state index contributed by atoms with van der Waals surface area (Å²) in [6.07, 6.45) is 6.46. The van der Waals surface area contributed by atoms with Gasteiger partial charge >= 0.3 is 0 Å². The van der Waals surface area contributed by atoms with Crippen molar-refractivity contribution in [3.8, 4) is 5.82 Å². The first-order chi connectivity index (χ1) is 16.0. The summed E-state index contributed by atoms with van der Waals surface area (Å²) in [5.74, 6) is 1.29. The first-order valence-corrected chi connectivity index (χ1v) is 11.9. The zero-order valence-electron chi connectivity index (χ0n) is 19.6. The van der Waals surface area contributed by atoms with Gasteiger partial charge in [0.15, 0.2) is 5.82 Å². The molecule has 10 heteroatoms. The molecule has 34 heavy (non-hydrogen) atoms. The van der Waals surface area contributed by atoms with Crippen molar-refractivity contribution >= 4 is 40.6 Å². The first kappa shape index (κ1) is 24.4. The van der Waals surface area contributed by atoms with Crippen LogP contribution in [-0.4, -0.2) is 49.5 Å².